The summed E-state index contributed by atoms with van der Waals surface area (Å²) in [7, 11) is 1.86. The third-order valence-corrected chi connectivity index (χ3v) is 3.06. The predicted octanol–water partition coefficient (Wildman–Crippen LogP) is 2.74. The molecule has 5 heteroatoms. The molecule has 17 heavy (non-hydrogen) atoms. The van der Waals surface area contributed by atoms with Crippen LogP contribution in [-0.2, 0) is 7.05 Å². The number of carbonyl (C=O) groups excluding carboxylic acids is 1. The van der Waals surface area contributed by atoms with Crippen molar-refractivity contribution in [2.75, 3.05) is 5.32 Å². The molecule has 0 aliphatic carbocycles. The van der Waals surface area contributed by atoms with E-state index in [1.807, 2.05) is 30.7 Å². The number of pyridine rings is 1. The quantitative estimate of drug-likeness (QED) is 0.925. The van der Waals surface area contributed by atoms with Gasteiger partial charge in [-0.1, -0.05) is 15.9 Å². The number of aryl methyl sites for hydroxylation is 1. The SMILES string of the molecule is Cc1ccc(C(=O)Nc2cc(Br)ccn2)n1C. The van der Waals surface area contributed by atoms with Gasteiger partial charge in [-0.15, -0.1) is 0 Å². The maximum absolute atomic E-state index is 12.0. The van der Waals surface area contributed by atoms with Gasteiger partial charge in [0.1, 0.15) is 11.5 Å². The topological polar surface area (TPSA) is 46.9 Å². The number of hydrogen-bond acceptors (Lipinski definition) is 2. The van der Waals surface area contributed by atoms with Crippen LogP contribution in [0.4, 0.5) is 5.82 Å². The highest BCUT2D eigenvalue weighted by atomic mass is 79.9. The van der Waals surface area contributed by atoms with Crippen molar-refractivity contribution in [2.24, 2.45) is 7.05 Å². The average Bonchev–Trinajstić information content (AvgIpc) is 2.60. The van der Waals surface area contributed by atoms with Crippen LogP contribution in [0.1, 0.15) is 16.2 Å². The number of amides is 1. The number of carbonyl (C=O) groups is 1. The van der Waals surface area contributed by atoms with Gasteiger partial charge in [-0.05, 0) is 31.2 Å². The minimum absolute atomic E-state index is 0.161. The standard InChI is InChI=1S/C12H12BrN3O/c1-8-3-4-10(16(8)2)12(17)15-11-7-9(13)5-6-14-11/h3-7H,1-2H3,(H,14,15,17). The zero-order valence-corrected chi connectivity index (χ0v) is 11.2. The van der Waals surface area contributed by atoms with Crippen molar-refractivity contribution < 1.29 is 4.79 Å². The molecular formula is C12H12BrN3O. The van der Waals surface area contributed by atoms with Crippen molar-refractivity contribution in [1.82, 2.24) is 9.55 Å². The van der Waals surface area contributed by atoms with Gasteiger partial charge < -0.3 is 9.88 Å². The normalized spacial score (nSPS) is 10.3. The molecule has 0 spiro atoms. The highest BCUT2D eigenvalue weighted by molar-refractivity contribution is 9.10. The number of anilines is 1. The molecule has 2 rings (SSSR count). The van der Waals surface area contributed by atoms with Crippen molar-refractivity contribution >= 4 is 27.7 Å². The Kier molecular flexibility index (Phi) is 3.28. The summed E-state index contributed by atoms with van der Waals surface area (Å²) in [6.45, 7) is 1.95. The number of aromatic nitrogens is 2. The highest BCUT2D eigenvalue weighted by Gasteiger charge is 2.11. The van der Waals surface area contributed by atoms with E-state index in [0.717, 1.165) is 10.2 Å². The van der Waals surface area contributed by atoms with Crippen LogP contribution in [0.25, 0.3) is 0 Å². The zero-order valence-electron chi connectivity index (χ0n) is 9.57. The first kappa shape index (κ1) is 11.9. The highest BCUT2D eigenvalue weighted by Crippen LogP contribution is 2.14. The van der Waals surface area contributed by atoms with Gasteiger partial charge in [-0.25, -0.2) is 4.98 Å². The lowest BCUT2D eigenvalue weighted by Gasteiger charge is -2.06. The lowest BCUT2D eigenvalue weighted by atomic mass is 10.4. The van der Waals surface area contributed by atoms with E-state index >= 15 is 0 Å². The largest absolute Gasteiger partial charge is 0.344 e. The molecule has 0 saturated heterocycles. The molecule has 0 aromatic carbocycles. The molecule has 0 aliphatic heterocycles. The number of halogens is 1. The summed E-state index contributed by atoms with van der Waals surface area (Å²) in [6, 6.07) is 7.27. The Morgan fingerprint density at radius 2 is 2.18 bits per heavy atom. The summed E-state index contributed by atoms with van der Waals surface area (Å²) in [6.07, 6.45) is 1.63. The van der Waals surface area contributed by atoms with Crippen LogP contribution >= 0.6 is 15.9 Å². The fraction of sp³-hybridized carbons (Fsp3) is 0.167. The lowest BCUT2D eigenvalue weighted by Crippen LogP contribution is -2.16. The van der Waals surface area contributed by atoms with Gasteiger partial charge in [-0.2, -0.15) is 0 Å². The first-order valence-electron chi connectivity index (χ1n) is 5.13. The summed E-state index contributed by atoms with van der Waals surface area (Å²) in [5.74, 6) is 0.370. The monoisotopic (exact) mass is 293 g/mol. The number of nitrogens with one attached hydrogen (secondary N) is 1. The van der Waals surface area contributed by atoms with E-state index in [2.05, 4.69) is 26.2 Å². The Morgan fingerprint density at radius 1 is 1.41 bits per heavy atom. The molecule has 88 valence electrons. The van der Waals surface area contributed by atoms with E-state index < -0.39 is 0 Å². The molecule has 0 fully saturated rings. The van der Waals surface area contributed by atoms with Crippen molar-refractivity contribution in [3.05, 3.63) is 46.3 Å². The van der Waals surface area contributed by atoms with E-state index in [-0.39, 0.29) is 5.91 Å². The van der Waals surface area contributed by atoms with Gasteiger partial charge in [0.2, 0.25) is 0 Å². The first-order chi connectivity index (χ1) is 8.08. The molecule has 1 N–H and O–H groups in total. The van der Waals surface area contributed by atoms with E-state index in [9.17, 15) is 4.79 Å². The van der Waals surface area contributed by atoms with E-state index in [1.54, 1.807) is 18.3 Å². The van der Waals surface area contributed by atoms with Gasteiger partial charge >= 0.3 is 0 Å². The van der Waals surface area contributed by atoms with Crippen molar-refractivity contribution in [1.29, 1.82) is 0 Å². The summed E-state index contributed by atoms with van der Waals surface area (Å²) < 4.78 is 2.72. The molecule has 0 saturated carbocycles. The van der Waals surface area contributed by atoms with Gasteiger partial charge in [0, 0.05) is 23.4 Å². The lowest BCUT2D eigenvalue weighted by molar-refractivity contribution is 0.101. The fourth-order valence-corrected chi connectivity index (χ4v) is 1.83. The Labute approximate surface area is 108 Å². The Hall–Kier alpha value is -1.62. The Bertz CT molecular complexity index is 563. The molecule has 0 atom stereocenters. The zero-order chi connectivity index (χ0) is 12.4. The second-order valence-electron chi connectivity index (χ2n) is 3.73. The number of nitrogens with zero attached hydrogens (tertiary/aromatic N) is 2. The smallest absolute Gasteiger partial charge is 0.273 e. The van der Waals surface area contributed by atoms with Crippen molar-refractivity contribution in [3.63, 3.8) is 0 Å². The molecule has 2 aromatic rings. The van der Waals surface area contributed by atoms with Crippen LogP contribution in [0, 0.1) is 6.92 Å². The molecule has 1 amide bonds. The minimum atomic E-state index is -0.161. The van der Waals surface area contributed by atoms with E-state index in [1.165, 1.54) is 0 Å². The number of hydrogen-bond donors (Lipinski definition) is 1. The van der Waals surface area contributed by atoms with Gasteiger partial charge in [-0.3, -0.25) is 4.79 Å². The van der Waals surface area contributed by atoms with Gasteiger partial charge in [0.25, 0.3) is 5.91 Å². The van der Waals surface area contributed by atoms with Gasteiger partial charge in [0.05, 0.1) is 0 Å². The second kappa shape index (κ2) is 4.71. The van der Waals surface area contributed by atoms with E-state index in [4.69, 9.17) is 0 Å². The van der Waals surface area contributed by atoms with Gasteiger partial charge in [0.15, 0.2) is 0 Å². The Morgan fingerprint density at radius 3 is 2.76 bits per heavy atom. The maximum atomic E-state index is 12.0. The predicted molar refractivity (Wildman–Crippen MR) is 70.0 cm³/mol. The van der Waals surface area contributed by atoms with Crippen LogP contribution in [-0.4, -0.2) is 15.5 Å². The third kappa shape index (κ3) is 2.55. The molecule has 0 aliphatic rings. The summed E-state index contributed by atoms with van der Waals surface area (Å²) in [4.78, 5) is 16.0. The summed E-state index contributed by atoms with van der Waals surface area (Å²) in [5, 5.41) is 2.75. The number of rotatable bonds is 2. The summed E-state index contributed by atoms with van der Waals surface area (Å²) in [5.41, 5.74) is 1.65. The third-order valence-electron chi connectivity index (χ3n) is 2.57. The first-order valence-corrected chi connectivity index (χ1v) is 5.92. The Balaban J connectivity index is 2.20. The van der Waals surface area contributed by atoms with Crippen molar-refractivity contribution in [3.8, 4) is 0 Å². The molecule has 0 bridgehead atoms. The fourth-order valence-electron chi connectivity index (χ4n) is 1.49. The maximum Gasteiger partial charge on any atom is 0.273 e. The van der Waals surface area contributed by atoms with Crippen LogP contribution in [0.5, 0.6) is 0 Å². The molecule has 4 nitrogen and oxygen atoms in total. The molecular weight excluding hydrogens is 282 g/mol. The van der Waals surface area contributed by atoms with Crippen LogP contribution in [0.15, 0.2) is 34.9 Å². The molecule has 0 unspecified atom stereocenters. The second-order valence-corrected chi connectivity index (χ2v) is 4.65. The molecule has 0 radical (unpaired) electrons. The van der Waals surface area contributed by atoms with E-state index in [0.29, 0.717) is 11.5 Å². The molecule has 2 heterocycles. The summed E-state index contributed by atoms with van der Waals surface area (Å²) >= 11 is 3.33. The van der Waals surface area contributed by atoms with Crippen molar-refractivity contribution in [2.45, 2.75) is 6.92 Å². The van der Waals surface area contributed by atoms with Crippen LogP contribution in [0.3, 0.4) is 0 Å². The average molecular weight is 294 g/mol. The minimum Gasteiger partial charge on any atom is -0.344 e. The van der Waals surface area contributed by atoms with Crippen LogP contribution < -0.4 is 5.32 Å². The molecule has 2 aromatic heterocycles. The van der Waals surface area contributed by atoms with Crippen LogP contribution in [0.2, 0.25) is 0 Å².